The molecule has 6 rings (SSSR count). The minimum Gasteiger partial charge on any atom is -0.495 e. The number of aromatic amines is 1. The monoisotopic (exact) mass is 546 g/mol. The number of ether oxygens (including phenoxy) is 1. The number of anilines is 5. The Morgan fingerprint density at radius 2 is 2.03 bits per heavy atom. The summed E-state index contributed by atoms with van der Waals surface area (Å²) in [7, 11) is 3.64. The van der Waals surface area contributed by atoms with Crippen LogP contribution < -0.4 is 26.0 Å². The minimum atomic E-state index is -0.507. The van der Waals surface area contributed by atoms with Crippen LogP contribution in [0.1, 0.15) is 34.5 Å². The van der Waals surface area contributed by atoms with Gasteiger partial charge >= 0.3 is 0 Å². The number of aromatic nitrogens is 3. The summed E-state index contributed by atoms with van der Waals surface area (Å²) < 4.78 is 5.72. The molecule has 0 bridgehead atoms. The number of nitrogens with zero attached hydrogens (tertiary/aromatic N) is 4. The van der Waals surface area contributed by atoms with Gasteiger partial charge in [-0.15, -0.1) is 11.3 Å². The third kappa shape index (κ3) is 4.66. The summed E-state index contributed by atoms with van der Waals surface area (Å²) in [5.74, 6) is 1.11. The van der Waals surface area contributed by atoms with Crippen LogP contribution in [0.3, 0.4) is 0 Å². The number of likely N-dealkylation sites (tertiary alicyclic amines) is 1. The van der Waals surface area contributed by atoms with Crippen molar-refractivity contribution >= 4 is 63.0 Å². The van der Waals surface area contributed by atoms with Crippen molar-refractivity contribution in [2.45, 2.75) is 31.7 Å². The Bertz CT molecular complexity index is 1560. The number of amides is 2. The molecule has 0 aliphatic carbocycles. The van der Waals surface area contributed by atoms with Gasteiger partial charge < -0.3 is 31.0 Å². The van der Waals surface area contributed by atoms with E-state index in [1.807, 2.05) is 30.1 Å². The van der Waals surface area contributed by atoms with Gasteiger partial charge in [0.2, 0.25) is 11.9 Å². The molecule has 2 aliphatic heterocycles. The summed E-state index contributed by atoms with van der Waals surface area (Å²) in [6, 6.07) is 7.51. The van der Waals surface area contributed by atoms with Gasteiger partial charge in [-0.1, -0.05) is 0 Å². The lowest BCUT2D eigenvalue weighted by Gasteiger charge is -2.34. The molecular weight excluding hydrogens is 516 g/mol. The van der Waals surface area contributed by atoms with E-state index in [9.17, 15) is 9.59 Å². The number of hydrogen-bond acceptors (Lipinski definition) is 9. The van der Waals surface area contributed by atoms with Crippen molar-refractivity contribution in [1.82, 2.24) is 19.9 Å². The SMILES string of the molecule is COc1cc2c(cc1Nc1nc(Nc3ccsc3C(N)=O)c3cc[nH]c3n1)N(C(=O)C1CCCN1C)CCC2. The number of methoxy groups -OCH3 is 1. The number of benzene rings is 1. The number of aryl methyl sites for hydroxylation is 1. The Morgan fingerprint density at radius 3 is 2.79 bits per heavy atom. The fourth-order valence-corrected chi connectivity index (χ4v) is 6.15. The summed E-state index contributed by atoms with van der Waals surface area (Å²) >= 11 is 1.27. The Labute approximate surface area is 229 Å². The molecule has 202 valence electrons. The van der Waals surface area contributed by atoms with Crippen LogP contribution in [0.15, 0.2) is 35.8 Å². The first-order valence-electron chi connectivity index (χ1n) is 12.9. The molecule has 1 saturated heterocycles. The summed E-state index contributed by atoms with van der Waals surface area (Å²) in [6.45, 7) is 1.62. The van der Waals surface area contributed by atoms with Gasteiger partial charge in [-0.3, -0.25) is 14.5 Å². The molecule has 5 N–H and O–H groups in total. The Kier molecular flexibility index (Phi) is 6.57. The molecule has 1 unspecified atom stereocenters. The van der Waals surface area contributed by atoms with Crippen LogP contribution in [-0.4, -0.2) is 65.0 Å². The van der Waals surface area contributed by atoms with Crippen LogP contribution in [0.25, 0.3) is 11.0 Å². The van der Waals surface area contributed by atoms with Crippen molar-refractivity contribution in [3.8, 4) is 5.75 Å². The number of nitrogens with two attached hydrogens (primary N) is 1. The predicted molar refractivity (Wildman–Crippen MR) is 153 cm³/mol. The number of carbonyl (C=O) groups is 2. The predicted octanol–water partition coefficient (Wildman–Crippen LogP) is 3.99. The minimum absolute atomic E-state index is 0.0934. The molecule has 39 heavy (non-hydrogen) atoms. The smallest absolute Gasteiger partial charge is 0.260 e. The zero-order chi connectivity index (χ0) is 27.1. The summed E-state index contributed by atoms with van der Waals surface area (Å²) in [6.07, 6.45) is 5.47. The van der Waals surface area contributed by atoms with E-state index in [1.165, 1.54) is 11.3 Å². The summed E-state index contributed by atoms with van der Waals surface area (Å²) in [5, 5.41) is 9.10. The van der Waals surface area contributed by atoms with Crippen molar-refractivity contribution < 1.29 is 14.3 Å². The van der Waals surface area contributed by atoms with Gasteiger partial charge in [0.05, 0.1) is 29.9 Å². The van der Waals surface area contributed by atoms with Crippen molar-refractivity contribution in [1.29, 1.82) is 0 Å². The molecule has 12 heteroatoms. The lowest BCUT2D eigenvalue weighted by atomic mass is 9.99. The largest absolute Gasteiger partial charge is 0.495 e. The molecule has 1 fully saturated rings. The van der Waals surface area contributed by atoms with Crippen molar-refractivity contribution in [2.24, 2.45) is 5.73 Å². The van der Waals surface area contributed by atoms with Crippen LogP contribution in [0.2, 0.25) is 0 Å². The first-order chi connectivity index (χ1) is 18.9. The van der Waals surface area contributed by atoms with Crippen LogP contribution in [0, 0.1) is 0 Å². The third-order valence-electron chi connectivity index (χ3n) is 7.40. The number of nitrogens with one attached hydrogen (secondary N) is 3. The Morgan fingerprint density at radius 1 is 1.15 bits per heavy atom. The maximum atomic E-state index is 13.5. The van der Waals surface area contributed by atoms with Crippen LogP contribution in [-0.2, 0) is 11.2 Å². The molecule has 0 radical (unpaired) electrons. The van der Waals surface area contributed by atoms with E-state index < -0.39 is 5.91 Å². The third-order valence-corrected chi connectivity index (χ3v) is 8.32. The number of hydrogen-bond donors (Lipinski definition) is 4. The average Bonchev–Trinajstić information content (AvgIpc) is 3.69. The van der Waals surface area contributed by atoms with Crippen molar-refractivity contribution in [3.63, 3.8) is 0 Å². The highest BCUT2D eigenvalue weighted by Gasteiger charge is 2.34. The number of likely N-dealkylation sites (N-methyl/N-ethyl adjacent to an activating group) is 1. The quantitative estimate of drug-likeness (QED) is 0.273. The number of primary amides is 1. The van der Waals surface area contributed by atoms with E-state index in [1.54, 1.807) is 24.8 Å². The molecule has 0 saturated carbocycles. The van der Waals surface area contributed by atoms with E-state index in [4.69, 9.17) is 15.5 Å². The second-order valence-corrected chi connectivity index (χ2v) is 10.7. The fourth-order valence-electron chi connectivity index (χ4n) is 5.45. The molecule has 3 aromatic heterocycles. The van der Waals surface area contributed by atoms with E-state index in [0.717, 1.165) is 48.9 Å². The first-order valence-corrected chi connectivity index (χ1v) is 13.8. The molecule has 1 aromatic carbocycles. The van der Waals surface area contributed by atoms with Gasteiger partial charge in [-0.25, -0.2) is 0 Å². The number of thiophene rings is 1. The second kappa shape index (κ2) is 10.2. The molecule has 2 amide bonds. The molecule has 2 aliphatic rings. The zero-order valence-corrected chi connectivity index (χ0v) is 22.6. The maximum absolute atomic E-state index is 13.5. The molecule has 5 heterocycles. The van der Waals surface area contributed by atoms with Gasteiger partial charge in [0.15, 0.2) is 0 Å². The van der Waals surface area contributed by atoms with Crippen molar-refractivity contribution in [2.75, 3.05) is 42.8 Å². The summed E-state index contributed by atoms with van der Waals surface area (Å²) in [4.78, 5) is 42.4. The van der Waals surface area contributed by atoms with Gasteiger partial charge in [0.1, 0.15) is 22.1 Å². The Balaban J connectivity index is 1.36. The van der Waals surface area contributed by atoms with Crippen LogP contribution in [0.4, 0.5) is 28.8 Å². The number of rotatable bonds is 7. The first kappa shape index (κ1) is 25.1. The topological polar surface area (TPSA) is 142 Å². The van der Waals surface area contributed by atoms with E-state index in [2.05, 4.69) is 25.5 Å². The molecule has 4 aromatic rings. The van der Waals surface area contributed by atoms with Gasteiger partial charge in [-0.05, 0) is 74.5 Å². The Hall–Kier alpha value is -4.16. The normalized spacial score (nSPS) is 17.3. The second-order valence-electron chi connectivity index (χ2n) is 9.83. The molecular formula is C27H30N8O3S. The lowest BCUT2D eigenvalue weighted by Crippen LogP contribution is -2.46. The van der Waals surface area contributed by atoms with Gasteiger partial charge in [-0.2, -0.15) is 9.97 Å². The molecule has 1 atom stereocenters. The average molecular weight is 547 g/mol. The number of fused-ring (bicyclic) bond motifs is 2. The van der Waals surface area contributed by atoms with Gasteiger partial charge in [0, 0.05) is 18.4 Å². The van der Waals surface area contributed by atoms with Crippen LogP contribution >= 0.6 is 11.3 Å². The van der Waals surface area contributed by atoms with Crippen LogP contribution in [0.5, 0.6) is 5.75 Å². The van der Waals surface area contributed by atoms with E-state index in [-0.39, 0.29) is 11.9 Å². The number of carbonyl (C=O) groups excluding carboxylic acids is 2. The highest BCUT2D eigenvalue weighted by Crippen LogP contribution is 2.39. The molecule has 0 spiro atoms. The standard InChI is InChI=1S/C27H30N8O3S/c1-34-10-4-6-19(34)26(37)35-11-3-5-15-13-21(38-2)18(14-20(15)35)31-27-32-24-16(7-9-29-24)25(33-27)30-17-8-12-39-22(17)23(28)36/h7-9,12-14,19H,3-6,10-11H2,1-2H3,(H2,28,36)(H3,29,30,31,32,33). The zero-order valence-electron chi connectivity index (χ0n) is 21.8. The fraction of sp³-hybridized carbons (Fsp3) is 0.333. The maximum Gasteiger partial charge on any atom is 0.260 e. The van der Waals surface area contributed by atoms with E-state index in [0.29, 0.717) is 46.0 Å². The van der Waals surface area contributed by atoms with E-state index >= 15 is 0 Å². The van der Waals surface area contributed by atoms with Crippen molar-refractivity contribution in [3.05, 3.63) is 46.3 Å². The highest BCUT2D eigenvalue weighted by molar-refractivity contribution is 7.12. The highest BCUT2D eigenvalue weighted by atomic mass is 32.1. The number of H-pyrrole nitrogens is 1. The van der Waals surface area contributed by atoms with Gasteiger partial charge in [0.25, 0.3) is 5.91 Å². The lowest BCUT2D eigenvalue weighted by molar-refractivity contribution is -0.122. The summed E-state index contributed by atoms with van der Waals surface area (Å²) in [5.41, 5.74) is 9.36. The molecule has 11 nitrogen and oxygen atoms in total.